The van der Waals surface area contributed by atoms with Gasteiger partial charge in [-0.25, -0.2) is 8.42 Å². The third kappa shape index (κ3) is 4.00. The largest absolute Gasteiger partial charge is 0.494 e. The second-order valence-corrected chi connectivity index (χ2v) is 7.39. The molecule has 0 unspecified atom stereocenters. The Balaban J connectivity index is 2.23. The Bertz CT molecular complexity index is 551. The lowest BCUT2D eigenvalue weighted by Gasteiger charge is -2.33. The van der Waals surface area contributed by atoms with Crippen molar-refractivity contribution in [3.63, 3.8) is 0 Å². The quantitative estimate of drug-likeness (QED) is 0.835. The van der Waals surface area contributed by atoms with Gasteiger partial charge in [0.25, 0.3) is 0 Å². The highest BCUT2D eigenvalue weighted by Crippen LogP contribution is 2.24. The minimum absolute atomic E-state index is 0.0952. The van der Waals surface area contributed by atoms with Crippen LogP contribution in [0.25, 0.3) is 0 Å². The highest BCUT2D eigenvalue weighted by atomic mass is 32.2. The minimum Gasteiger partial charge on any atom is -0.494 e. The van der Waals surface area contributed by atoms with Gasteiger partial charge in [0.1, 0.15) is 5.75 Å². The molecule has 0 bridgehead atoms. The number of hydrogen-bond acceptors (Lipinski definition) is 4. The first-order chi connectivity index (χ1) is 10.6. The predicted octanol–water partition coefficient (Wildman–Crippen LogP) is 2.24. The lowest BCUT2D eigenvalue weighted by molar-refractivity contribution is 0.262. The van der Waals surface area contributed by atoms with E-state index in [0.29, 0.717) is 23.8 Å². The predicted molar refractivity (Wildman–Crippen MR) is 87.7 cm³/mol. The van der Waals surface area contributed by atoms with Gasteiger partial charge in [-0.1, -0.05) is 6.92 Å². The lowest BCUT2D eigenvalue weighted by Crippen LogP contribution is -2.46. The van der Waals surface area contributed by atoms with E-state index in [1.54, 1.807) is 28.6 Å². The molecular formula is C16H26N2O3S. The first-order valence-corrected chi connectivity index (χ1v) is 9.49. The zero-order valence-electron chi connectivity index (χ0n) is 13.4. The van der Waals surface area contributed by atoms with Crippen LogP contribution in [0.1, 0.15) is 33.1 Å². The van der Waals surface area contributed by atoms with Crippen LogP contribution in [0.15, 0.2) is 29.2 Å². The molecule has 5 nitrogen and oxygen atoms in total. The van der Waals surface area contributed by atoms with Crippen LogP contribution in [0.2, 0.25) is 0 Å². The van der Waals surface area contributed by atoms with Crippen molar-refractivity contribution >= 4 is 10.0 Å². The van der Waals surface area contributed by atoms with Crippen molar-refractivity contribution < 1.29 is 13.2 Å². The molecule has 22 heavy (non-hydrogen) atoms. The summed E-state index contributed by atoms with van der Waals surface area (Å²) < 4.78 is 33.0. The van der Waals surface area contributed by atoms with Crippen LogP contribution in [0.5, 0.6) is 5.75 Å². The number of sulfonamides is 1. The Hall–Kier alpha value is -1.11. The van der Waals surface area contributed by atoms with Gasteiger partial charge >= 0.3 is 0 Å². The lowest BCUT2D eigenvalue weighted by atomic mass is 10.1. The summed E-state index contributed by atoms with van der Waals surface area (Å²) in [7, 11) is -3.44. The van der Waals surface area contributed by atoms with Crippen LogP contribution < -0.4 is 10.1 Å². The standard InChI is InChI=1S/C16H26N2O3S/c1-3-13-18(14-9-11-17-12-10-14)22(19,20)16-7-5-15(6-8-16)21-4-2/h5-8,14,17H,3-4,9-13H2,1-2H3. The van der Waals surface area contributed by atoms with Gasteiger partial charge in [0.2, 0.25) is 10.0 Å². The highest BCUT2D eigenvalue weighted by Gasteiger charge is 2.31. The third-order valence-corrected chi connectivity index (χ3v) is 5.87. The van der Waals surface area contributed by atoms with E-state index < -0.39 is 10.0 Å². The molecule has 1 aliphatic rings. The van der Waals surface area contributed by atoms with Crippen molar-refractivity contribution in [3.8, 4) is 5.75 Å². The maximum absolute atomic E-state index is 13.0. The zero-order chi connectivity index (χ0) is 16.0. The summed E-state index contributed by atoms with van der Waals surface area (Å²) in [4.78, 5) is 0.350. The normalized spacial score (nSPS) is 16.9. The molecule has 0 aliphatic carbocycles. The van der Waals surface area contributed by atoms with E-state index >= 15 is 0 Å². The van der Waals surface area contributed by atoms with Crippen LogP contribution in [0.3, 0.4) is 0 Å². The summed E-state index contributed by atoms with van der Waals surface area (Å²) in [6.45, 7) is 6.82. The Morgan fingerprint density at radius 2 is 1.82 bits per heavy atom. The summed E-state index contributed by atoms with van der Waals surface area (Å²) in [5.41, 5.74) is 0. The van der Waals surface area contributed by atoms with Crippen LogP contribution in [0, 0.1) is 0 Å². The Kier molecular flexibility index (Phi) is 6.23. The van der Waals surface area contributed by atoms with Crippen LogP contribution in [-0.4, -0.2) is 45.0 Å². The van der Waals surface area contributed by atoms with Crippen molar-refractivity contribution in [3.05, 3.63) is 24.3 Å². The topological polar surface area (TPSA) is 58.6 Å². The van der Waals surface area contributed by atoms with E-state index in [1.807, 2.05) is 13.8 Å². The second-order valence-electron chi connectivity index (χ2n) is 5.50. The number of nitrogens with zero attached hydrogens (tertiary/aromatic N) is 1. The fraction of sp³-hybridized carbons (Fsp3) is 0.625. The first-order valence-electron chi connectivity index (χ1n) is 8.05. The summed E-state index contributed by atoms with van der Waals surface area (Å²) in [5, 5.41) is 3.29. The van der Waals surface area contributed by atoms with Crippen molar-refractivity contribution in [2.45, 2.75) is 44.0 Å². The van der Waals surface area contributed by atoms with Gasteiger partial charge in [-0.15, -0.1) is 0 Å². The maximum Gasteiger partial charge on any atom is 0.243 e. The SMILES string of the molecule is CCCN(C1CCNCC1)S(=O)(=O)c1ccc(OCC)cc1. The third-order valence-electron chi connectivity index (χ3n) is 3.90. The van der Waals surface area contributed by atoms with Gasteiger partial charge < -0.3 is 10.1 Å². The van der Waals surface area contributed by atoms with E-state index in [-0.39, 0.29) is 6.04 Å². The van der Waals surface area contributed by atoms with Gasteiger partial charge in [-0.2, -0.15) is 4.31 Å². The molecule has 2 rings (SSSR count). The van der Waals surface area contributed by atoms with Crippen molar-refractivity contribution in [1.82, 2.24) is 9.62 Å². The summed E-state index contributed by atoms with van der Waals surface area (Å²) in [6.07, 6.45) is 2.56. The average Bonchev–Trinajstić information content (AvgIpc) is 2.54. The monoisotopic (exact) mass is 326 g/mol. The number of ether oxygens (including phenoxy) is 1. The Morgan fingerprint density at radius 1 is 1.18 bits per heavy atom. The fourth-order valence-corrected chi connectivity index (χ4v) is 4.60. The first kappa shape index (κ1) is 17.2. The molecule has 6 heteroatoms. The number of nitrogens with one attached hydrogen (secondary N) is 1. The molecule has 0 spiro atoms. The van der Waals surface area contributed by atoms with Gasteiger partial charge in [0.05, 0.1) is 11.5 Å². The smallest absolute Gasteiger partial charge is 0.243 e. The van der Waals surface area contributed by atoms with E-state index in [4.69, 9.17) is 4.74 Å². The zero-order valence-corrected chi connectivity index (χ0v) is 14.2. The van der Waals surface area contributed by atoms with Gasteiger partial charge in [0.15, 0.2) is 0 Å². The van der Waals surface area contributed by atoms with Gasteiger partial charge in [-0.3, -0.25) is 0 Å². The molecule has 0 atom stereocenters. The van der Waals surface area contributed by atoms with Crippen molar-refractivity contribution in [2.75, 3.05) is 26.2 Å². The number of hydrogen-bond donors (Lipinski definition) is 1. The van der Waals surface area contributed by atoms with E-state index in [2.05, 4.69) is 5.32 Å². The molecular weight excluding hydrogens is 300 g/mol. The summed E-state index contributed by atoms with van der Waals surface area (Å²) in [5.74, 6) is 0.699. The Morgan fingerprint density at radius 3 is 2.36 bits per heavy atom. The maximum atomic E-state index is 13.0. The molecule has 1 aromatic carbocycles. The van der Waals surface area contributed by atoms with Crippen LogP contribution in [0.4, 0.5) is 0 Å². The average molecular weight is 326 g/mol. The molecule has 1 aliphatic heterocycles. The molecule has 0 radical (unpaired) electrons. The Labute approximate surface area is 133 Å². The van der Waals surface area contributed by atoms with E-state index in [1.165, 1.54) is 0 Å². The second kappa shape index (κ2) is 7.94. The molecule has 1 fully saturated rings. The highest BCUT2D eigenvalue weighted by molar-refractivity contribution is 7.89. The minimum atomic E-state index is -3.44. The number of rotatable bonds is 7. The van der Waals surface area contributed by atoms with Crippen LogP contribution in [-0.2, 0) is 10.0 Å². The van der Waals surface area contributed by atoms with Crippen molar-refractivity contribution in [2.24, 2.45) is 0 Å². The molecule has 1 aromatic rings. The summed E-state index contributed by atoms with van der Waals surface area (Å²) >= 11 is 0. The molecule has 1 N–H and O–H groups in total. The molecule has 0 amide bonds. The molecule has 1 saturated heterocycles. The molecule has 0 aromatic heterocycles. The van der Waals surface area contributed by atoms with Crippen molar-refractivity contribution in [1.29, 1.82) is 0 Å². The van der Waals surface area contributed by atoms with E-state index in [9.17, 15) is 8.42 Å². The molecule has 1 heterocycles. The molecule has 124 valence electrons. The number of piperidine rings is 1. The molecule has 0 saturated carbocycles. The van der Waals surface area contributed by atoms with Gasteiger partial charge in [-0.05, 0) is 63.5 Å². The van der Waals surface area contributed by atoms with E-state index in [0.717, 1.165) is 32.4 Å². The van der Waals surface area contributed by atoms with Crippen LogP contribution >= 0.6 is 0 Å². The number of benzene rings is 1. The fourth-order valence-electron chi connectivity index (χ4n) is 2.82. The van der Waals surface area contributed by atoms with Gasteiger partial charge in [0, 0.05) is 12.6 Å². The summed E-state index contributed by atoms with van der Waals surface area (Å²) in [6, 6.07) is 6.83.